The summed E-state index contributed by atoms with van der Waals surface area (Å²) in [6.07, 6.45) is 4.09. The number of hydrogen-bond donors (Lipinski definition) is 1. The molecule has 0 spiro atoms. The lowest BCUT2D eigenvalue weighted by Gasteiger charge is -2.35. The Morgan fingerprint density at radius 3 is 2.90 bits per heavy atom. The summed E-state index contributed by atoms with van der Waals surface area (Å²) in [6, 6.07) is 13.1. The van der Waals surface area contributed by atoms with Crippen molar-refractivity contribution in [2.45, 2.75) is 51.1 Å². The number of amides is 2. The minimum atomic E-state index is -0.513. The third kappa shape index (κ3) is 3.44. The quantitative estimate of drug-likeness (QED) is 0.793. The summed E-state index contributed by atoms with van der Waals surface area (Å²) in [5, 5.41) is 14.3. The maximum absolute atomic E-state index is 13.3. The van der Waals surface area contributed by atoms with Gasteiger partial charge in [-0.15, -0.1) is 11.3 Å². The van der Waals surface area contributed by atoms with E-state index >= 15 is 0 Å². The second-order valence-corrected chi connectivity index (χ2v) is 8.98. The van der Waals surface area contributed by atoms with Gasteiger partial charge >= 0.3 is 0 Å². The maximum Gasteiger partial charge on any atom is 0.254 e. The highest BCUT2D eigenvalue weighted by Gasteiger charge is 2.60. The van der Waals surface area contributed by atoms with Crippen molar-refractivity contribution >= 4 is 23.2 Å². The van der Waals surface area contributed by atoms with E-state index < -0.39 is 5.41 Å². The Kier molecular flexibility index (Phi) is 5.42. The zero-order chi connectivity index (χ0) is 20.4. The monoisotopic (exact) mass is 407 g/mol. The third-order valence-electron chi connectivity index (χ3n) is 6.53. The molecule has 0 radical (unpaired) electrons. The summed E-state index contributed by atoms with van der Waals surface area (Å²) in [6.45, 7) is 2.68. The molecule has 2 bridgehead atoms. The van der Waals surface area contributed by atoms with Crippen LogP contribution in [-0.2, 0) is 11.2 Å². The lowest BCUT2D eigenvalue weighted by Crippen LogP contribution is -2.50. The van der Waals surface area contributed by atoms with Gasteiger partial charge in [0.05, 0.1) is 17.0 Å². The van der Waals surface area contributed by atoms with Crippen molar-refractivity contribution in [3.05, 3.63) is 57.8 Å². The van der Waals surface area contributed by atoms with E-state index in [0.717, 1.165) is 32.1 Å². The first-order chi connectivity index (χ1) is 14.1. The molecule has 2 aromatic rings. The van der Waals surface area contributed by atoms with Crippen molar-refractivity contribution in [2.24, 2.45) is 5.41 Å². The van der Waals surface area contributed by atoms with Gasteiger partial charge in [-0.05, 0) is 61.7 Å². The fourth-order valence-electron chi connectivity index (χ4n) is 5.08. The molecule has 150 valence electrons. The van der Waals surface area contributed by atoms with E-state index in [2.05, 4.69) is 24.4 Å². The Hall–Kier alpha value is -2.65. The van der Waals surface area contributed by atoms with Crippen molar-refractivity contribution in [2.75, 3.05) is 6.54 Å². The van der Waals surface area contributed by atoms with Crippen LogP contribution in [0.5, 0.6) is 0 Å². The summed E-state index contributed by atoms with van der Waals surface area (Å²) >= 11 is 1.70. The van der Waals surface area contributed by atoms with Crippen molar-refractivity contribution in [3.63, 3.8) is 0 Å². The van der Waals surface area contributed by atoms with Gasteiger partial charge < -0.3 is 10.2 Å². The molecule has 3 heterocycles. The SMILES string of the molecule is CC[C@@]1(C(=O)NCCc2cccs2)C[C@@H]2CC[C@H]1N2C(=O)c1cccc(C#N)c1. The second-order valence-electron chi connectivity index (χ2n) is 7.95. The molecule has 0 saturated carbocycles. The van der Waals surface area contributed by atoms with Crippen LogP contribution in [0.2, 0.25) is 0 Å². The largest absolute Gasteiger partial charge is 0.355 e. The van der Waals surface area contributed by atoms with Crippen LogP contribution in [-0.4, -0.2) is 35.3 Å². The third-order valence-corrected chi connectivity index (χ3v) is 7.47. The molecular weight excluding hydrogens is 382 g/mol. The van der Waals surface area contributed by atoms with Crippen molar-refractivity contribution in [1.82, 2.24) is 10.2 Å². The Morgan fingerprint density at radius 2 is 2.17 bits per heavy atom. The highest BCUT2D eigenvalue weighted by atomic mass is 32.1. The zero-order valence-electron chi connectivity index (χ0n) is 16.6. The van der Waals surface area contributed by atoms with Crippen LogP contribution in [0.3, 0.4) is 0 Å². The Bertz CT molecular complexity index is 949. The molecule has 1 aromatic carbocycles. The van der Waals surface area contributed by atoms with Crippen LogP contribution in [0.4, 0.5) is 0 Å². The average molecular weight is 408 g/mol. The molecule has 1 aromatic heterocycles. The van der Waals surface area contributed by atoms with E-state index in [0.29, 0.717) is 17.7 Å². The van der Waals surface area contributed by atoms with E-state index in [-0.39, 0.29) is 23.9 Å². The maximum atomic E-state index is 13.3. The number of nitrogens with zero attached hydrogens (tertiary/aromatic N) is 2. The van der Waals surface area contributed by atoms with E-state index in [4.69, 9.17) is 5.26 Å². The number of carbonyl (C=O) groups excluding carboxylic acids is 2. The number of benzene rings is 1. The van der Waals surface area contributed by atoms with E-state index in [1.807, 2.05) is 16.3 Å². The summed E-state index contributed by atoms with van der Waals surface area (Å²) in [7, 11) is 0. The van der Waals surface area contributed by atoms with E-state index in [9.17, 15) is 9.59 Å². The number of carbonyl (C=O) groups is 2. The summed E-state index contributed by atoms with van der Waals surface area (Å²) < 4.78 is 0. The number of hydrogen-bond acceptors (Lipinski definition) is 4. The van der Waals surface area contributed by atoms with Crippen LogP contribution >= 0.6 is 11.3 Å². The summed E-state index contributed by atoms with van der Waals surface area (Å²) in [5.41, 5.74) is 0.502. The van der Waals surface area contributed by atoms with Crippen LogP contribution < -0.4 is 5.32 Å². The van der Waals surface area contributed by atoms with Crippen LogP contribution in [0, 0.1) is 16.7 Å². The Morgan fingerprint density at radius 1 is 1.31 bits per heavy atom. The average Bonchev–Trinajstić information content (AvgIpc) is 3.48. The minimum Gasteiger partial charge on any atom is -0.355 e. The predicted octanol–water partition coefficient (Wildman–Crippen LogP) is 3.75. The van der Waals surface area contributed by atoms with Gasteiger partial charge in [-0.3, -0.25) is 9.59 Å². The van der Waals surface area contributed by atoms with Crippen LogP contribution in [0.15, 0.2) is 41.8 Å². The van der Waals surface area contributed by atoms with E-state index in [1.165, 1.54) is 4.88 Å². The van der Waals surface area contributed by atoms with Crippen molar-refractivity contribution < 1.29 is 9.59 Å². The molecule has 2 amide bonds. The fourth-order valence-corrected chi connectivity index (χ4v) is 5.78. The molecule has 0 aliphatic carbocycles. The first kappa shape index (κ1) is 19.7. The van der Waals surface area contributed by atoms with Gasteiger partial charge in [0.2, 0.25) is 5.91 Å². The normalized spacial score (nSPS) is 25.0. The minimum absolute atomic E-state index is 0.0590. The first-order valence-corrected chi connectivity index (χ1v) is 11.1. The number of rotatable bonds is 6. The molecule has 0 unspecified atom stereocenters. The standard InChI is InChI=1S/C23H25N3O2S/c1-2-23(22(28)25-11-10-19-7-4-12-29-19)14-18-8-9-20(23)26(18)21(27)17-6-3-5-16(13-17)15-24/h3-7,12-13,18,20H,2,8-11,14H2,1H3,(H,25,28)/t18-,20+,23+/m0/s1. The molecular formula is C23H25N3O2S. The summed E-state index contributed by atoms with van der Waals surface area (Å²) in [4.78, 5) is 29.7. The van der Waals surface area contributed by atoms with Gasteiger partial charge in [0, 0.05) is 29.1 Å². The molecule has 29 heavy (non-hydrogen) atoms. The van der Waals surface area contributed by atoms with Crippen molar-refractivity contribution in [3.8, 4) is 6.07 Å². The number of nitrogens with one attached hydrogen (secondary N) is 1. The fraction of sp³-hybridized carbons (Fsp3) is 0.435. The van der Waals surface area contributed by atoms with Gasteiger partial charge in [-0.1, -0.05) is 19.1 Å². The summed E-state index contributed by atoms with van der Waals surface area (Å²) in [5.74, 6) is 0.0173. The van der Waals surface area contributed by atoms with Crippen LogP contribution in [0.25, 0.3) is 0 Å². The molecule has 5 nitrogen and oxygen atoms in total. The van der Waals surface area contributed by atoms with Gasteiger partial charge in [0.25, 0.3) is 5.91 Å². The van der Waals surface area contributed by atoms with E-state index in [1.54, 1.807) is 35.6 Å². The second kappa shape index (κ2) is 8.00. The van der Waals surface area contributed by atoms with Crippen molar-refractivity contribution in [1.29, 1.82) is 5.26 Å². The first-order valence-electron chi connectivity index (χ1n) is 10.2. The highest BCUT2D eigenvalue weighted by molar-refractivity contribution is 7.09. The molecule has 6 heteroatoms. The molecule has 2 aliphatic rings. The lowest BCUT2D eigenvalue weighted by atomic mass is 9.71. The van der Waals surface area contributed by atoms with Gasteiger partial charge in [0.1, 0.15) is 0 Å². The number of thiophene rings is 1. The molecule has 2 fully saturated rings. The predicted molar refractivity (Wildman–Crippen MR) is 113 cm³/mol. The van der Waals surface area contributed by atoms with Gasteiger partial charge in [0.15, 0.2) is 0 Å². The van der Waals surface area contributed by atoms with Crippen LogP contribution in [0.1, 0.15) is 53.4 Å². The molecule has 2 aliphatic heterocycles. The molecule has 2 saturated heterocycles. The Balaban J connectivity index is 1.50. The lowest BCUT2D eigenvalue weighted by molar-refractivity contribution is -0.132. The molecule has 4 rings (SSSR count). The smallest absolute Gasteiger partial charge is 0.254 e. The highest BCUT2D eigenvalue weighted by Crippen LogP contribution is 2.52. The molecule has 1 N–H and O–H groups in total. The Labute approximate surface area is 175 Å². The number of fused-ring (bicyclic) bond motifs is 2. The zero-order valence-corrected chi connectivity index (χ0v) is 17.4. The van der Waals surface area contributed by atoms with Gasteiger partial charge in [-0.25, -0.2) is 0 Å². The number of nitriles is 1. The van der Waals surface area contributed by atoms with Gasteiger partial charge in [-0.2, -0.15) is 5.26 Å². The molecule has 3 atom stereocenters. The topological polar surface area (TPSA) is 73.2 Å².